The van der Waals surface area contributed by atoms with Crippen LogP contribution in [0.4, 0.5) is 0 Å². The quantitative estimate of drug-likeness (QED) is 0.710. The summed E-state index contributed by atoms with van der Waals surface area (Å²) < 4.78 is 0. The van der Waals surface area contributed by atoms with E-state index in [9.17, 15) is 0 Å². The van der Waals surface area contributed by atoms with E-state index in [2.05, 4.69) is 30.4 Å². The van der Waals surface area contributed by atoms with E-state index in [0.29, 0.717) is 6.04 Å². The summed E-state index contributed by atoms with van der Waals surface area (Å²) >= 11 is 1.95. The van der Waals surface area contributed by atoms with E-state index in [0.717, 1.165) is 0 Å². The van der Waals surface area contributed by atoms with Crippen LogP contribution in [0.15, 0.2) is 23.1 Å². The zero-order valence-corrected chi connectivity index (χ0v) is 8.24. The van der Waals surface area contributed by atoms with Crippen LogP contribution in [0.1, 0.15) is 17.2 Å². The fraction of sp³-hybridized carbons (Fsp3) is 0.400. The van der Waals surface area contributed by atoms with E-state index in [1.54, 1.807) is 0 Å². The molecule has 0 bridgehead atoms. The van der Waals surface area contributed by atoms with Crippen LogP contribution in [0, 0.1) is 6.92 Å². The van der Waals surface area contributed by atoms with Crippen LogP contribution in [-0.4, -0.2) is 12.8 Å². The van der Waals surface area contributed by atoms with E-state index in [4.69, 9.17) is 0 Å². The number of nitrogens with one attached hydrogen (secondary N) is 1. The van der Waals surface area contributed by atoms with Gasteiger partial charge in [0.25, 0.3) is 0 Å². The second kappa shape index (κ2) is 3.11. The number of aryl methyl sites for hydroxylation is 1. The molecule has 1 aromatic rings. The molecule has 0 spiro atoms. The molecule has 1 atom stereocenters. The molecular formula is C10H13NS. The molecule has 2 heteroatoms. The van der Waals surface area contributed by atoms with Gasteiger partial charge in [-0.05, 0) is 31.2 Å². The normalized spacial score (nSPS) is 21.0. The van der Waals surface area contributed by atoms with Crippen LogP contribution in [-0.2, 0) is 0 Å². The van der Waals surface area contributed by atoms with Crippen LogP contribution < -0.4 is 5.32 Å². The van der Waals surface area contributed by atoms with E-state index >= 15 is 0 Å². The molecule has 1 aliphatic heterocycles. The van der Waals surface area contributed by atoms with Gasteiger partial charge < -0.3 is 5.32 Å². The lowest BCUT2D eigenvalue weighted by Crippen LogP contribution is -2.15. The largest absolute Gasteiger partial charge is 0.312 e. The highest BCUT2D eigenvalue weighted by Gasteiger charge is 2.20. The van der Waals surface area contributed by atoms with Crippen molar-refractivity contribution in [3.63, 3.8) is 0 Å². The first-order valence-electron chi connectivity index (χ1n) is 4.22. The third kappa shape index (κ3) is 1.25. The van der Waals surface area contributed by atoms with Crippen molar-refractivity contribution in [1.82, 2.24) is 5.32 Å². The van der Waals surface area contributed by atoms with Crippen LogP contribution in [0.25, 0.3) is 0 Å². The van der Waals surface area contributed by atoms with Crippen molar-refractivity contribution in [3.8, 4) is 0 Å². The number of fused-ring (bicyclic) bond motifs is 1. The molecule has 0 saturated carbocycles. The molecular weight excluding hydrogens is 166 g/mol. The van der Waals surface area contributed by atoms with Crippen molar-refractivity contribution < 1.29 is 0 Å². The lowest BCUT2D eigenvalue weighted by atomic mass is 10.1. The molecule has 1 aromatic carbocycles. The predicted molar refractivity (Wildman–Crippen MR) is 53.7 cm³/mol. The average molecular weight is 179 g/mol. The minimum absolute atomic E-state index is 0.561. The summed E-state index contributed by atoms with van der Waals surface area (Å²) in [6.07, 6.45) is 0. The first-order chi connectivity index (χ1) is 5.81. The topological polar surface area (TPSA) is 12.0 Å². The zero-order chi connectivity index (χ0) is 8.55. The fourth-order valence-corrected chi connectivity index (χ4v) is 2.89. The molecule has 0 fully saturated rings. The van der Waals surface area contributed by atoms with Gasteiger partial charge in [-0.15, -0.1) is 11.8 Å². The van der Waals surface area contributed by atoms with Crippen molar-refractivity contribution in [2.24, 2.45) is 0 Å². The van der Waals surface area contributed by atoms with Gasteiger partial charge in [-0.1, -0.05) is 12.1 Å². The number of thioether (sulfide) groups is 1. The highest BCUT2D eigenvalue weighted by atomic mass is 32.2. The minimum atomic E-state index is 0.561. The Labute approximate surface area is 77.6 Å². The van der Waals surface area contributed by atoms with E-state index in [1.165, 1.54) is 21.8 Å². The number of benzene rings is 1. The molecule has 12 heavy (non-hydrogen) atoms. The van der Waals surface area contributed by atoms with Gasteiger partial charge >= 0.3 is 0 Å². The van der Waals surface area contributed by atoms with E-state index < -0.39 is 0 Å². The van der Waals surface area contributed by atoms with Gasteiger partial charge in [0.05, 0.1) is 0 Å². The van der Waals surface area contributed by atoms with E-state index in [-0.39, 0.29) is 0 Å². The monoisotopic (exact) mass is 179 g/mol. The second-order valence-electron chi connectivity index (χ2n) is 3.19. The first kappa shape index (κ1) is 8.14. The molecule has 1 N–H and O–H groups in total. The summed E-state index contributed by atoms with van der Waals surface area (Å²) in [4.78, 5) is 1.45. The van der Waals surface area contributed by atoms with Crippen LogP contribution >= 0.6 is 11.8 Å². The molecule has 0 aliphatic carbocycles. The fourth-order valence-electron chi connectivity index (χ4n) is 1.56. The molecule has 2 rings (SSSR count). The van der Waals surface area contributed by atoms with Crippen molar-refractivity contribution in [1.29, 1.82) is 0 Å². The van der Waals surface area contributed by atoms with Crippen molar-refractivity contribution >= 4 is 11.8 Å². The van der Waals surface area contributed by atoms with Crippen molar-refractivity contribution in [2.45, 2.75) is 17.9 Å². The summed E-state index contributed by atoms with van der Waals surface area (Å²) in [6, 6.07) is 7.27. The summed E-state index contributed by atoms with van der Waals surface area (Å²) in [6.45, 7) is 2.15. The maximum Gasteiger partial charge on any atom is 0.0424 e. The van der Waals surface area contributed by atoms with Crippen LogP contribution in [0.2, 0.25) is 0 Å². The van der Waals surface area contributed by atoms with Crippen LogP contribution in [0.3, 0.4) is 0 Å². The summed E-state index contributed by atoms with van der Waals surface area (Å²) in [5, 5.41) is 3.32. The Balaban J connectivity index is 2.40. The number of hydrogen-bond donors (Lipinski definition) is 1. The highest BCUT2D eigenvalue weighted by Crippen LogP contribution is 2.38. The summed E-state index contributed by atoms with van der Waals surface area (Å²) in [5.74, 6) is 1.18. The smallest absolute Gasteiger partial charge is 0.0424 e. The Kier molecular flexibility index (Phi) is 2.11. The number of rotatable bonds is 1. The molecule has 0 amide bonds. The number of hydrogen-bond acceptors (Lipinski definition) is 2. The SMILES string of the molecule is CNC1CSc2cc(C)ccc21. The third-order valence-electron chi connectivity index (χ3n) is 2.30. The van der Waals surface area contributed by atoms with Gasteiger partial charge in [0.15, 0.2) is 0 Å². The average Bonchev–Trinajstić information content (AvgIpc) is 2.46. The summed E-state index contributed by atoms with van der Waals surface area (Å²) in [5.41, 5.74) is 2.83. The van der Waals surface area contributed by atoms with Crippen molar-refractivity contribution in [2.75, 3.05) is 12.8 Å². The molecule has 1 nitrogen and oxygen atoms in total. The standard InChI is InChI=1S/C10H13NS/c1-7-3-4-8-9(11-2)6-12-10(8)5-7/h3-5,9,11H,6H2,1-2H3. The molecule has 1 heterocycles. The molecule has 0 aromatic heterocycles. The Morgan fingerprint density at radius 2 is 2.33 bits per heavy atom. The Bertz CT molecular complexity index is 296. The van der Waals surface area contributed by atoms with Gasteiger partial charge in [-0.2, -0.15) is 0 Å². The summed E-state index contributed by atoms with van der Waals surface area (Å²) in [7, 11) is 2.03. The molecule has 0 saturated heterocycles. The van der Waals surface area contributed by atoms with Gasteiger partial charge in [-0.3, -0.25) is 0 Å². The maximum atomic E-state index is 3.32. The van der Waals surface area contributed by atoms with Gasteiger partial charge in [0, 0.05) is 16.7 Å². The molecule has 1 unspecified atom stereocenters. The Morgan fingerprint density at radius 1 is 1.50 bits per heavy atom. The molecule has 1 aliphatic rings. The molecule has 0 radical (unpaired) electrons. The lowest BCUT2D eigenvalue weighted by Gasteiger charge is -2.08. The van der Waals surface area contributed by atoms with Gasteiger partial charge in [-0.25, -0.2) is 0 Å². The third-order valence-corrected chi connectivity index (χ3v) is 3.46. The zero-order valence-electron chi connectivity index (χ0n) is 7.42. The van der Waals surface area contributed by atoms with Gasteiger partial charge in [0.1, 0.15) is 0 Å². The van der Waals surface area contributed by atoms with Crippen LogP contribution in [0.5, 0.6) is 0 Å². The molecule has 64 valence electrons. The first-order valence-corrected chi connectivity index (χ1v) is 5.20. The van der Waals surface area contributed by atoms with Gasteiger partial charge in [0.2, 0.25) is 0 Å². The van der Waals surface area contributed by atoms with E-state index in [1.807, 2.05) is 18.8 Å². The highest BCUT2D eigenvalue weighted by molar-refractivity contribution is 7.99. The Hall–Kier alpha value is -0.470. The maximum absolute atomic E-state index is 3.32. The Morgan fingerprint density at radius 3 is 3.08 bits per heavy atom. The lowest BCUT2D eigenvalue weighted by molar-refractivity contribution is 0.664. The van der Waals surface area contributed by atoms with Crippen molar-refractivity contribution in [3.05, 3.63) is 29.3 Å². The minimum Gasteiger partial charge on any atom is -0.312 e. The predicted octanol–water partition coefficient (Wildman–Crippen LogP) is 2.36. The second-order valence-corrected chi connectivity index (χ2v) is 4.26.